The number of anilines is 1. The van der Waals surface area contributed by atoms with E-state index in [4.69, 9.17) is 16.3 Å². The summed E-state index contributed by atoms with van der Waals surface area (Å²) in [6.07, 6.45) is 1.09. The summed E-state index contributed by atoms with van der Waals surface area (Å²) in [5.41, 5.74) is 2.84. The zero-order chi connectivity index (χ0) is 30.2. The van der Waals surface area contributed by atoms with E-state index in [2.05, 4.69) is 5.32 Å². The van der Waals surface area contributed by atoms with Gasteiger partial charge in [0.25, 0.3) is 10.0 Å². The third-order valence-corrected chi connectivity index (χ3v) is 8.68. The molecular weight excluding hydrogens is 562 g/mol. The van der Waals surface area contributed by atoms with Gasteiger partial charge in [0.15, 0.2) is 0 Å². The van der Waals surface area contributed by atoms with E-state index in [0.717, 1.165) is 27.4 Å². The number of sulfonamides is 1. The molecule has 10 heteroatoms. The van der Waals surface area contributed by atoms with E-state index in [1.54, 1.807) is 24.3 Å². The molecule has 3 rings (SSSR count). The SMILES string of the molecule is CCCNC(=O)[C@@H](CC)N(Cc1cccc(C)c1)C(=O)CN(c1cc(Cl)ccc1OC)S(=O)(=O)c1ccc(C)cc1. The number of halogens is 1. The van der Waals surface area contributed by atoms with Gasteiger partial charge in [0.2, 0.25) is 11.8 Å². The molecule has 3 aromatic carbocycles. The Morgan fingerprint density at radius 1 is 0.976 bits per heavy atom. The van der Waals surface area contributed by atoms with Crippen molar-refractivity contribution in [3.63, 3.8) is 0 Å². The molecule has 1 atom stereocenters. The topological polar surface area (TPSA) is 96.0 Å². The number of benzene rings is 3. The summed E-state index contributed by atoms with van der Waals surface area (Å²) in [6, 6.07) is 17.8. The lowest BCUT2D eigenvalue weighted by Gasteiger charge is -2.33. The van der Waals surface area contributed by atoms with E-state index >= 15 is 0 Å². The summed E-state index contributed by atoms with van der Waals surface area (Å²) < 4.78 is 34.6. The Morgan fingerprint density at radius 3 is 2.29 bits per heavy atom. The highest BCUT2D eigenvalue weighted by atomic mass is 35.5. The molecule has 0 saturated carbocycles. The number of carbonyl (C=O) groups excluding carboxylic acids is 2. The Balaban J connectivity index is 2.12. The Hall–Kier alpha value is -3.56. The van der Waals surface area contributed by atoms with E-state index < -0.39 is 28.5 Å². The fraction of sp³-hybridized carbons (Fsp3) is 0.355. The number of methoxy groups -OCH3 is 1. The third kappa shape index (κ3) is 8.01. The van der Waals surface area contributed by atoms with Gasteiger partial charge in [-0.15, -0.1) is 0 Å². The maximum absolute atomic E-state index is 14.2. The highest BCUT2D eigenvalue weighted by molar-refractivity contribution is 7.92. The molecule has 0 aliphatic heterocycles. The number of nitrogens with one attached hydrogen (secondary N) is 1. The van der Waals surface area contributed by atoms with Gasteiger partial charge in [-0.25, -0.2) is 8.42 Å². The lowest BCUT2D eigenvalue weighted by molar-refractivity contribution is -0.140. The molecule has 0 fully saturated rings. The Morgan fingerprint density at radius 2 is 1.68 bits per heavy atom. The van der Waals surface area contributed by atoms with Crippen LogP contribution in [0.3, 0.4) is 0 Å². The van der Waals surface area contributed by atoms with E-state index in [-0.39, 0.29) is 33.8 Å². The first-order valence-electron chi connectivity index (χ1n) is 13.6. The Bertz CT molecular complexity index is 1460. The molecule has 0 saturated heterocycles. The quantitative estimate of drug-likeness (QED) is 0.280. The number of aryl methyl sites for hydroxylation is 2. The van der Waals surface area contributed by atoms with Crippen molar-refractivity contribution in [2.45, 2.75) is 58.0 Å². The van der Waals surface area contributed by atoms with Crippen LogP contribution in [0, 0.1) is 13.8 Å². The highest BCUT2D eigenvalue weighted by Crippen LogP contribution is 2.35. The van der Waals surface area contributed by atoms with Crippen LogP contribution in [0.1, 0.15) is 43.4 Å². The van der Waals surface area contributed by atoms with Gasteiger partial charge in [-0.1, -0.05) is 73.0 Å². The highest BCUT2D eigenvalue weighted by Gasteiger charge is 2.34. The second-order valence-electron chi connectivity index (χ2n) is 9.87. The average Bonchev–Trinajstić information content (AvgIpc) is 2.94. The second-order valence-corrected chi connectivity index (χ2v) is 12.2. The first kappa shape index (κ1) is 32.0. The molecule has 0 unspecified atom stereocenters. The number of hydrogen-bond donors (Lipinski definition) is 1. The van der Waals surface area contributed by atoms with Crippen LogP contribution >= 0.6 is 11.6 Å². The van der Waals surface area contributed by atoms with Crippen LogP contribution in [0.25, 0.3) is 0 Å². The van der Waals surface area contributed by atoms with Crippen molar-refractivity contribution < 1.29 is 22.7 Å². The van der Waals surface area contributed by atoms with Crippen molar-refractivity contribution in [2.75, 3.05) is 24.5 Å². The standard InChI is InChI=1S/C31H38ClN3O5S/c1-6-17-33-31(37)27(7-2)34(20-24-10-8-9-23(4)18-24)30(36)21-35(28-19-25(32)13-16-29(28)40-5)41(38,39)26-14-11-22(3)12-15-26/h8-16,18-19,27H,6-7,17,20-21H2,1-5H3,(H,33,37)/t27-/m1/s1. The van der Waals surface area contributed by atoms with Crippen LogP contribution in [0.15, 0.2) is 71.6 Å². The normalized spacial score (nSPS) is 12.0. The summed E-state index contributed by atoms with van der Waals surface area (Å²) in [6.45, 7) is 7.60. The van der Waals surface area contributed by atoms with Crippen LogP contribution in [0.2, 0.25) is 5.02 Å². The molecule has 0 heterocycles. The van der Waals surface area contributed by atoms with Gasteiger partial charge in [0.05, 0.1) is 17.7 Å². The first-order valence-corrected chi connectivity index (χ1v) is 15.4. The minimum absolute atomic E-state index is 0.0101. The molecule has 41 heavy (non-hydrogen) atoms. The molecule has 3 aromatic rings. The molecule has 0 aromatic heterocycles. The number of hydrogen-bond acceptors (Lipinski definition) is 5. The number of rotatable bonds is 13. The predicted octanol–water partition coefficient (Wildman–Crippen LogP) is 5.49. The lowest BCUT2D eigenvalue weighted by atomic mass is 10.1. The van der Waals surface area contributed by atoms with Crippen LogP contribution in [-0.4, -0.2) is 51.4 Å². The van der Waals surface area contributed by atoms with Crippen molar-refractivity contribution in [3.05, 3.63) is 88.4 Å². The molecule has 0 radical (unpaired) electrons. The number of nitrogens with zero attached hydrogens (tertiary/aromatic N) is 2. The summed E-state index contributed by atoms with van der Waals surface area (Å²) in [7, 11) is -2.83. The monoisotopic (exact) mass is 599 g/mol. The molecule has 0 bridgehead atoms. The molecule has 0 aliphatic carbocycles. The summed E-state index contributed by atoms with van der Waals surface area (Å²) in [5, 5.41) is 3.16. The summed E-state index contributed by atoms with van der Waals surface area (Å²) in [4.78, 5) is 28.9. The van der Waals surface area contributed by atoms with Crippen LogP contribution < -0.4 is 14.4 Å². The van der Waals surface area contributed by atoms with Gasteiger partial charge in [-0.2, -0.15) is 0 Å². The fourth-order valence-electron chi connectivity index (χ4n) is 4.50. The number of ether oxygens (including phenoxy) is 1. The number of carbonyl (C=O) groups is 2. The lowest BCUT2D eigenvalue weighted by Crippen LogP contribution is -2.52. The molecule has 1 N–H and O–H groups in total. The van der Waals surface area contributed by atoms with Crippen molar-refractivity contribution in [3.8, 4) is 5.75 Å². The zero-order valence-electron chi connectivity index (χ0n) is 24.2. The van der Waals surface area contributed by atoms with E-state index in [9.17, 15) is 18.0 Å². The second kappa shape index (κ2) is 14.4. The summed E-state index contributed by atoms with van der Waals surface area (Å²) in [5.74, 6) is -0.595. The fourth-order valence-corrected chi connectivity index (χ4v) is 6.08. The van der Waals surface area contributed by atoms with Crippen molar-refractivity contribution in [1.82, 2.24) is 10.2 Å². The maximum Gasteiger partial charge on any atom is 0.264 e. The van der Waals surface area contributed by atoms with Crippen molar-refractivity contribution in [1.29, 1.82) is 0 Å². The Kier molecular flexibility index (Phi) is 11.2. The predicted molar refractivity (Wildman–Crippen MR) is 163 cm³/mol. The number of amides is 2. The Labute approximate surface area is 248 Å². The molecule has 2 amide bonds. The van der Waals surface area contributed by atoms with Gasteiger partial charge in [0, 0.05) is 18.1 Å². The van der Waals surface area contributed by atoms with Crippen LogP contribution in [-0.2, 0) is 26.2 Å². The third-order valence-electron chi connectivity index (χ3n) is 6.67. The van der Waals surface area contributed by atoms with Gasteiger partial charge in [-0.05, 0) is 62.6 Å². The van der Waals surface area contributed by atoms with Gasteiger partial charge in [-0.3, -0.25) is 13.9 Å². The zero-order valence-corrected chi connectivity index (χ0v) is 25.8. The first-order chi connectivity index (χ1) is 19.5. The molecule has 8 nitrogen and oxygen atoms in total. The minimum atomic E-state index is -4.25. The van der Waals surface area contributed by atoms with E-state index in [0.29, 0.717) is 13.0 Å². The molecule has 0 spiro atoms. The summed E-state index contributed by atoms with van der Waals surface area (Å²) >= 11 is 6.29. The van der Waals surface area contributed by atoms with Crippen LogP contribution in [0.4, 0.5) is 5.69 Å². The van der Waals surface area contributed by atoms with Crippen molar-refractivity contribution in [2.24, 2.45) is 0 Å². The van der Waals surface area contributed by atoms with Gasteiger partial charge in [0.1, 0.15) is 18.3 Å². The smallest absolute Gasteiger partial charge is 0.264 e. The van der Waals surface area contributed by atoms with E-state index in [1.807, 2.05) is 52.0 Å². The molecule has 0 aliphatic rings. The molecular formula is C31H38ClN3O5S. The van der Waals surface area contributed by atoms with E-state index in [1.165, 1.54) is 30.2 Å². The van der Waals surface area contributed by atoms with Crippen LogP contribution in [0.5, 0.6) is 5.75 Å². The molecule has 220 valence electrons. The van der Waals surface area contributed by atoms with Gasteiger partial charge < -0.3 is 15.0 Å². The van der Waals surface area contributed by atoms with Gasteiger partial charge >= 0.3 is 0 Å². The minimum Gasteiger partial charge on any atom is -0.495 e. The maximum atomic E-state index is 14.2. The average molecular weight is 600 g/mol. The largest absolute Gasteiger partial charge is 0.495 e. The van der Waals surface area contributed by atoms with Crippen molar-refractivity contribution >= 4 is 39.1 Å².